The van der Waals surface area contributed by atoms with Crippen molar-refractivity contribution in [1.29, 1.82) is 0 Å². The minimum Gasteiger partial charge on any atom is -0.359 e. The van der Waals surface area contributed by atoms with Crippen LogP contribution >= 0.6 is 0 Å². The molecule has 124 valence electrons. The lowest BCUT2D eigenvalue weighted by Crippen LogP contribution is -2.41. The maximum absolute atomic E-state index is 5.88. The lowest BCUT2D eigenvalue weighted by Gasteiger charge is -2.37. The Balaban J connectivity index is 1.92. The fourth-order valence-corrected chi connectivity index (χ4v) is 3.41. The van der Waals surface area contributed by atoms with Crippen LogP contribution in [-0.2, 0) is 16.0 Å². The SMILES string of the molecule is CCC[C@H](C[C@@H]1CCCCN1Cc1ccccc1)OCOC. The van der Waals surface area contributed by atoms with Crippen LogP contribution in [0.15, 0.2) is 30.3 Å². The van der Waals surface area contributed by atoms with Gasteiger partial charge >= 0.3 is 0 Å². The van der Waals surface area contributed by atoms with Gasteiger partial charge in [0.15, 0.2) is 0 Å². The number of hydrogen-bond acceptors (Lipinski definition) is 3. The molecule has 0 unspecified atom stereocenters. The van der Waals surface area contributed by atoms with Crippen LogP contribution in [0.4, 0.5) is 0 Å². The van der Waals surface area contributed by atoms with Crippen LogP contribution in [0.5, 0.6) is 0 Å². The Morgan fingerprint density at radius 2 is 2.05 bits per heavy atom. The second-order valence-corrected chi connectivity index (χ2v) is 6.33. The van der Waals surface area contributed by atoms with Crippen molar-refractivity contribution < 1.29 is 9.47 Å². The molecule has 0 saturated carbocycles. The molecule has 1 saturated heterocycles. The number of methoxy groups -OCH3 is 1. The molecule has 22 heavy (non-hydrogen) atoms. The fraction of sp³-hybridized carbons (Fsp3) is 0.684. The Hall–Kier alpha value is -0.900. The molecule has 3 heteroatoms. The minimum atomic E-state index is 0.325. The van der Waals surface area contributed by atoms with E-state index in [4.69, 9.17) is 9.47 Å². The van der Waals surface area contributed by atoms with Gasteiger partial charge in [-0.15, -0.1) is 0 Å². The largest absolute Gasteiger partial charge is 0.359 e. The summed E-state index contributed by atoms with van der Waals surface area (Å²) >= 11 is 0. The van der Waals surface area contributed by atoms with Crippen LogP contribution in [0.2, 0.25) is 0 Å². The zero-order valence-corrected chi connectivity index (χ0v) is 14.2. The lowest BCUT2D eigenvalue weighted by atomic mass is 9.94. The first-order valence-corrected chi connectivity index (χ1v) is 8.72. The average molecular weight is 305 g/mol. The first kappa shape index (κ1) is 17.5. The molecule has 1 aliphatic rings. The Kier molecular flexibility index (Phi) is 7.92. The van der Waals surface area contributed by atoms with Gasteiger partial charge < -0.3 is 9.47 Å². The Morgan fingerprint density at radius 1 is 1.23 bits per heavy atom. The third-order valence-electron chi connectivity index (χ3n) is 4.54. The molecule has 1 aromatic rings. The first-order valence-electron chi connectivity index (χ1n) is 8.72. The summed E-state index contributed by atoms with van der Waals surface area (Å²) in [6, 6.07) is 11.5. The molecule has 0 aromatic heterocycles. The van der Waals surface area contributed by atoms with Gasteiger partial charge in [-0.1, -0.05) is 50.1 Å². The van der Waals surface area contributed by atoms with Crippen LogP contribution in [0.3, 0.4) is 0 Å². The van der Waals surface area contributed by atoms with Crippen LogP contribution < -0.4 is 0 Å². The molecule has 3 nitrogen and oxygen atoms in total. The van der Waals surface area contributed by atoms with Gasteiger partial charge in [-0.2, -0.15) is 0 Å². The third kappa shape index (κ3) is 5.71. The van der Waals surface area contributed by atoms with Crippen molar-refractivity contribution >= 4 is 0 Å². The molecule has 1 fully saturated rings. The van der Waals surface area contributed by atoms with E-state index < -0.39 is 0 Å². The Labute approximate surface area is 135 Å². The number of benzene rings is 1. The number of piperidine rings is 1. The Bertz CT molecular complexity index is 396. The molecule has 0 aliphatic carbocycles. The van der Waals surface area contributed by atoms with E-state index >= 15 is 0 Å². The molecule has 0 bridgehead atoms. The summed E-state index contributed by atoms with van der Waals surface area (Å²) in [6.07, 6.45) is 7.71. The van der Waals surface area contributed by atoms with Gasteiger partial charge in [-0.05, 0) is 37.8 Å². The van der Waals surface area contributed by atoms with E-state index in [-0.39, 0.29) is 0 Å². The first-order chi connectivity index (χ1) is 10.8. The lowest BCUT2D eigenvalue weighted by molar-refractivity contribution is -0.0854. The summed E-state index contributed by atoms with van der Waals surface area (Å²) in [6.45, 7) is 4.92. The van der Waals surface area contributed by atoms with Crippen molar-refractivity contribution in [2.24, 2.45) is 0 Å². The molecule has 1 heterocycles. The third-order valence-corrected chi connectivity index (χ3v) is 4.54. The zero-order chi connectivity index (χ0) is 15.6. The summed E-state index contributed by atoms with van der Waals surface area (Å²) in [4.78, 5) is 2.65. The molecular formula is C19H31NO2. The van der Waals surface area contributed by atoms with Gasteiger partial charge in [0.05, 0.1) is 6.10 Å². The van der Waals surface area contributed by atoms with Crippen molar-refractivity contribution in [3.8, 4) is 0 Å². The molecular weight excluding hydrogens is 274 g/mol. The van der Waals surface area contributed by atoms with Crippen molar-refractivity contribution in [2.45, 2.75) is 64.1 Å². The summed E-state index contributed by atoms with van der Waals surface area (Å²) in [7, 11) is 1.70. The van der Waals surface area contributed by atoms with Gasteiger partial charge in [0.2, 0.25) is 0 Å². The summed E-state index contributed by atoms with van der Waals surface area (Å²) in [5.41, 5.74) is 1.42. The summed E-state index contributed by atoms with van der Waals surface area (Å²) < 4.78 is 11.0. The number of ether oxygens (including phenoxy) is 2. The molecule has 0 spiro atoms. The number of rotatable bonds is 9. The highest BCUT2D eigenvalue weighted by atomic mass is 16.7. The van der Waals surface area contributed by atoms with E-state index in [1.165, 1.54) is 37.8 Å². The molecule has 1 aliphatic heterocycles. The highest BCUT2D eigenvalue weighted by molar-refractivity contribution is 5.14. The molecule has 0 amide bonds. The van der Waals surface area contributed by atoms with Crippen LogP contribution in [0, 0.1) is 0 Å². The molecule has 0 radical (unpaired) electrons. The second-order valence-electron chi connectivity index (χ2n) is 6.33. The van der Waals surface area contributed by atoms with Crippen molar-refractivity contribution in [3.05, 3.63) is 35.9 Å². The highest BCUT2D eigenvalue weighted by Crippen LogP contribution is 2.25. The van der Waals surface area contributed by atoms with Gasteiger partial charge in [0.25, 0.3) is 0 Å². The standard InChI is InChI=1S/C19H31NO2/c1-3-9-19(22-16-21-2)14-18-12-7-8-13-20(18)15-17-10-5-4-6-11-17/h4-6,10-11,18-19H,3,7-9,12-16H2,1-2H3/t18-,19+/m0/s1. The van der Waals surface area contributed by atoms with Gasteiger partial charge in [0.1, 0.15) is 6.79 Å². The monoisotopic (exact) mass is 305 g/mol. The maximum atomic E-state index is 5.88. The van der Waals surface area contributed by atoms with Crippen LogP contribution in [0.1, 0.15) is 51.0 Å². The molecule has 0 N–H and O–H groups in total. The second kappa shape index (κ2) is 9.98. The van der Waals surface area contributed by atoms with Gasteiger partial charge in [-0.3, -0.25) is 4.90 Å². The van der Waals surface area contributed by atoms with Crippen LogP contribution in [0.25, 0.3) is 0 Å². The van der Waals surface area contributed by atoms with E-state index in [1.807, 2.05) is 0 Å². The maximum Gasteiger partial charge on any atom is 0.146 e. The van der Waals surface area contributed by atoms with Crippen molar-refractivity contribution in [3.63, 3.8) is 0 Å². The smallest absolute Gasteiger partial charge is 0.146 e. The molecule has 2 atom stereocenters. The normalized spacial score (nSPS) is 20.9. The number of hydrogen-bond donors (Lipinski definition) is 0. The van der Waals surface area contributed by atoms with Gasteiger partial charge in [0, 0.05) is 19.7 Å². The minimum absolute atomic E-state index is 0.325. The fourth-order valence-electron chi connectivity index (χ4n) is 3.41. The van der Waals surface area contributed by atoms with Crippen molar-refractivity contribution in [2.75, 3.05) is 20.4 Å². The average Bonchev–Trinajstić information content (AvgIpc) is 2.55. The topological polar surface area (TPSA) is 21.7 Å². The van der Waals surface area contributed by atoms with E-state index in [9.17, 15) is 0 Å². The van der Waals surface area contributed by atoms with Crippen LogP contribution in [-0.4, -0.2) is 37.5 Å². The number of likely N-dealkylation sites (tertiary alicyclic amines) is 1. The van der Waals surface area contributed by atoms with Gasteiger partial charge in [-0.25, -0.2) is 0 Å². The van der Waals surface area contributed by atoms with E-state index in [2.05, 4.69) is 42.2 Å². The molecule has 1 aromatic carbocycles. The zero-order valence-electron chi connectivity index (χ0n) is 14.2. The van der Waals surface area contributed by atoms with E-state index in [0.717, 1.165) is 19.4 Å². The summed E-state index contributed by atoms with van der Waals surface area (Å²) in [5, 5.41) is 0. The van der Waals surface area contributed by atoms with Crippen molar-refractivity contribution in [1.82, 2.24) is 4.90 Å². The molecule has 2 rings (SSSR count). The quantitative estimate of drug-likeness (QED) is 0.638. The highest BCUT2D eigenvalue weighted by Gasteiger charge is 2.25. The predicted octanol–water partition coefficient (Wildman–Crippen LogP) is 4.22. The summed E-state index contributed by atoms with van der Waals surface area (Å²) in [5.74, 6) is 0. The number of nitrogens with zero attached hydrogens (tertiary/aromatic N) is 1. The predicted molar refractivity (Wildman–Crippen MR) is 90.8 cm³/mol. The van der Waals surface area contributed by atoms with E-state index in [0.29, 0.717) is 18.9 Å². The van der Waals surface area contributed by atoms with E-state index in [1.54, 1.807) is 7.11 Å². The Morgan fingerprint density at radius 3 is 2.77 bits per heavy atom.